The normalized spacial score (nSPS) is 19.5. The molecule has 1 saturated heterocycles. The standard InChI is InChI=1S/C22H23F2N3O3/c1-3-7-18(14-8-5-4-6-9-14)25-19(28)13-27-20(29)22(2,26-21(27)30)16-12-15(23)10-11-17(16)24/h4-6,8-12,18H,3,7,13H2,1-2H3,(H,25,28)(H,26,30)/t18-,22-/m0/s1. The number of halogens is 2. The minimum atomic E-state index is -1.80. The topological polar surface area (TPSA) is 78.5 Å². The highest BCUT2D eigenvalue weighted by molar-refractivity contribution is 6.09. The van der Waals surface area contributed by atoms with Gasteiger partial charge in [0, 0.05) is 5.56 Å². The lowest BCUT2D eigenvalue weighted by molar-refractivity contribution is -0.135. The lowest BCUT2D eigenvalue weighted by Gasteiger charge is -2.23. The van der Waals surface area contributed by atoms with Crippen LogP contribution in [0.1, 0.15) is 43.9 Å². The van der Waals surface area contributed by atoms with Gasteiger partial charge in [0.05, 0.1) is 6.04 Å². The number of carbonyl (C=O) groups is 3. The molecule has 2 atom stereocenters. The summed E-state index contributed by atoms with van der Waals surface area (Å²) in [4.78, 5) is 38.6. The molecule has 1 heterocycles. The first-order valence-corrected chi connectivity index (χ1v) is 9.70. The van der Waals surface area contributed by atoms with Crippen LogP contribution in [-0.2, 0) is 15.1 Å². The highest BCUT2D eigenvalue weighted by Gasteiger charge is 2.50. The van der Waals surface area contributed by atoms with Crippen LogP contribution in [0.25, 0.3) is 0 Å². The summed E-state index contributed by atoms with van der Waals surface area (Å²) in [5.41, 5.74) is -1.18. The van der Waals surface area contributed by atoms with Gasteiger partial charge >= 0.3 is 6.03 Å². The Kier molecular flexibility index (Phi) is 6.14. The van der Waals surface area contributed by atoms with Crippen LogP contribution < -0.4 is 10.6 Å². The third kappa shape index (κ3) is 4.17. The maximum Gasteiger partial charge on any atom is 0.325 e. The molecule has 0 unspecified atom stereocenters. The molecular weight excluding hydrogens is 392 g/mol. The molecule has 1 fully saturated rings. The van der Waals surface area contributed by atoms with E-state index in [-0.39, 0.29) is 11.6 Å². The number of hydrogen-bond acceptors (Lipinski definition) is 3. The highest BCUT2D eigenvalue weighted by atomic mass is 19.1. The van der Waals surface area contributed by atoms with Crippen molar-refractivity contribution in [2.45, 2.75) is 38.3 Å². The van der Waals surface area contributed by atoms with Gasteiger partial charge in [-0.25, -0.2) is 13.6 Å². The molecule has 1 aliphatic rings. The van der Waals surface area contributed by atoms with Gasteiger partial charge in [-0.05, 0) is 37.1 Å². The first-order chi connectivity index (χ1) is 14.3. The number of hydrogen-bond donors (Lipinski definition) is 2. The van der Waals surface area contributed by atoms with Gasteiger partial charge in [0.2, 0.25) is 5.91 Å². The number of urea groups is 1. The predicted molar refractivity (Wildman–Crippen MR) is 106 cm³/mol. The number of nitrogens with one attached hydrogen (secondary N) is 2. The van der Waals surface area contributed by atoms with Crippen molar-refractivity contribution < 1.29 is 23.2 Å². The van der Waals surface area contributed by atoms with Gasteiger partial charge in [-0.15, -0.1) is 0 Å². The molecule has 4 amide bonds. The van der Waals surface area contributed by atoms with E-state index in [9.17, 15) is 23.2 Å². The Hall–Kier alpha value is -3.29. The van der Waals surface area contributed by atoms with Crippen molar-refractivity contribution in [1.82, 2.24) is 15.5 Å². The Morgan fingerprint density at radius 3 is 2.53 bits per heavy atom. The molecule has 0 saturated carbocycles. The fourth-order valence-corrected chi connectivity index (χ4v) is 3.58. The summed E-state index contributed by atoms with van der Waals surface area (Å²) in [5, 5.41) is 5.22. The Balaban J connectivity index is 1.76. The number of benzene rings is 2. The van der Waals surface area contributed by atoms with Crippen LogP contribution in [0.3, 0.4) is 0 Å². The maximum absolute atomic E-state index is 14.2. The summed E-state index contributed by atoms with van der Waals surface area (Å²) in [6.45, 7) is 2.75. The zero-order valence-electron chi connectivity index (χ0n) is 16.7. The quantitative estimate of drug-likeness (QED) is 0.681. The van der Waals surface area contributed by atoms with Crippen LogP contribution in [0.15, 0.2) is 48.5 Å². The van der Waals surface area contributed by atoms with Gasteiger partial charge < -0.3 is 10.6 Å². The molecule has 2 N–H and O–H groups in total. The van der Waals surface area contributed by atoms with Gasteiger partial charge in [-0.1, -0.05) is 43.7 Å². The summed E-state index contributed by atoms with van der Waals surface area (Å²) in [6.07, 6.45) is 1.50. The van der Waals surface area contributed by atoms with Crippen molar-refractivity contribution in [1.29, 1.82) is 0 Å². The van der Waals surface area contributed by atoms with Crippen LogP contribution in [0.5, 0.6) is 0 Å². The lowest BCUT2D eigenvalue weighted by Crippen LogP contribution is -2.44. The fourth-order valence-electron chi connectivity index (χ4n) is 3.58. The van der Waals surface area contributed by atoms with Crippen molar-refractivity contribution in [3.05, 3.63) is 71.3 Å². The van der Waals surface area contributed by atoms with E-state index < -0.39 is 41.6 Å². The summed E-state index contributed by atoms with van der Waals surface area (Å²) >= 11 is 0. The first-order valence-electron chi connectivity index (χ1n) is 9.70. The van der Waals surface area contributed by atoms with Gasteiger partial charge in [-0.3, -0.25) is 14.5 Å². The Bertz CT molecular complexity index is 967. The van der Waals surface area contributed by atoms with Crippen LogP contribution in [-0.4, -0.2) is 29.3 Å². The van der Waals surface area contributed by atoms with E-state index in [4.69, 9.17) is 0 Å². The maximum atomic E-state index is 14.2. The molecule has 158 valence electrons. The third-order valence-electron chi connectivity index (χ3n) is 5.16. The molecule has 2 aromatic rings. The lowest BCUT2D eigenvalue weighted by atomic mass is 9.91. The fraction of sp³-hybridized carbons (Fsp3) is 0.318. The van der Waals surface area contributed by atoms with Crippen LogP contribution in [0.4, 0.5) is 13.6 Å². The van der Waals surface area contributed by atoms with E-state index in [1.807, 2.05) is 37.3 Å². The van der Waals surface area contributed by atoms with Crippen LogP contribution in [0.2, 0.25) is 0 Å². The van der Waals surface area contributed by atoms with Gasteiger partial charge in [0.15, 0.2) is 0 Å². The number of amides is 4. The Morgan fingerprint density at radius 1 is 1.17 bits per heavy atom. The van der Waals surface area contributed by atoms with Crippen molar-refractivity contribution in [3.8, 4) is 0 Å². The molecule has 0 aliphatic carbocycles. The van der Waals surface area contributed by atoms with E-state index in [1.165, 1.54) is 6.92 Å². The summed E-state index contributed by atoms with van der Waals surface area (Å²) in [7, 11) is 0. The molecule has 0 bridgehead atoms. The number of nitrogens with zero attached hydrogens (tertiary/aromatic N) is 1. The second-order valence-corrected chi connectivity index (χ2v) is 7.39. The molecule has 0 aromatic heterocycles. The van der Waals surface area contributed by atoms with Gasteiger partial charge in [-0.2, -0.15) is 0 Å². The molecular formula is C22H23F2N3O3. The van der Waals surface area contributed by atoms with Gasteiger partial charge in [0.1, 0.15) is 23.7 Å². The highest BCUT2D eigenvalue weighted by Crippen LogP contribution is 2.31. The second kappa shape index (κ2) is 8.61. The van der Waals surface area contributed by atoms with Crippen molar-refractivity contribution in [3.63, 3.8) is 0 Å². The smallest absolute Gasteiger partial charge is 0.325 e. The monoisotopic (exact) mass is 415 g/mol. The van der Waals surface area contributed by atoms with E-state index in [0.717, 1.165) is 30.2 Å². The van der Waals surface area contributed by atoms with Crippen LogP contribution >= 0.6 is 0 Å². The molecule has 1 aliphatic heterocycles. The average molecular weight is 415 g/mol. The Morgan fingerprint density at radius 2 is 1.87 bits per heavy atom. The third-order valence-corrected chi connectivity index (χ3v) is 5.16. The molecule has 0 radical (unpaired) electrons. The summed E-state index contributed by atoms with van der Waals surface area (Å²) in [6, 6.07) is 10.9. The van der Waals surface area contributed by atoms with Gasteiger partial charge in [0.25, 0.3) is 5.91 Å². The average Bonchev–Trinajstić information content (AvgIpc) is 2.94. The minimum absolute atomic E-state index is 0.267. The largest absolute Gasteiger partial charge is 0.348 e. The molecule has 3 rings (SSSR count). The predicted octanol–water partition coefficient (Wildman–Crippen LogP) is 3.39. The number of imide groups is 1. The van der Waals surface area contributed by atoms with Crippen molar-refractivity contribution >= 4 is 17.8 Å². The van der Waals surface area contributed by atoms with Crippen molar-refractivity contribution in [2.24, 2.45) is 0 Å². The van der Waals surface area contributed by atoms with E-state index in [1.54, 1.807) is 0 Å². The van der Waals surface area contributed by atoms with Crippen LogP contribution in [0, 0.1) is 11.6 Å². The number of rotatable bonds is 7. The van der Waals surface area contributed by atoms with E-state index in [2.05, 4.69) is 10.6 Å². The molecule has 30 heavy (non-hydrogen) atoms. The van der Waals surface area contributed by atoms with Crippen molar-refractivity contribution in [2.75, 3.05) is 6.54 Å². The zero-order valence-corrected chi connectivity index (χ0v) is 16.7. The SMILES string of the molecule is CCC[C@H](NC(=O)CN1C(=O)N[C@@](C)(c2cc(F)ccc2F)C1=O)c1ccccc1. The van der Waals surface area contributed by atoms with E-state index in [0.29, 0.717) is 11.3 Å². The minimum Gasteiger partial charge on any atom is -0.348 e. The number of carbonyl (C=O) groups excluding carboxylic acids is 3. The molecule has 6 nitrogen and oxygen atoms in total. The zero-order chi connectivity index (χ0) is 21.9. The summed E-state index contributed by atoms with van der Waals surface area (Å²) < 4.78 is 27.8. The molecule has 2 aromatic carbocycles. The molecule has 8 heteroatoms. The Labute approximate surface area is 173 Å². The van der Waals surface area contributed by atoms with E-state index >= 15 is 0 Å². The molecule has 0 spiro atoms. The second-order valence-electron chi connectivity index (χ2n) is 7.39. The first kappa shape index (κ1) is 21.4. The summed E-state index contributed by atoms with van der Waals surface area (Å²) in [5.74, 6) is -2.91.